The molecule has 1 aromatic carbocycles. The Hall–Kier alpha value is -3.05. The second-order valence-electron chi connectivity index (χ2n) is 6.77. The quantitative estimate of drug-likeness (QED) is 0.418. The average molecular weight is 464 g/mol. The van der Waals surface area contributed by atoms with E-state index in [1.807, 2.05) is 0 Å². The Kier molecular flexibility index (Phi) is 8.12. The number of nitrogens with zero attached hydrogens (tertiary/aromatic N) is 2. The van der Waals surface area contributed by atoms with Gasteiger partial charge in [0.05, 0.1) is 31.8 Å². The number of imide groups is 1. The molecule has 2 saturated heterocycles. The summed E-state index contributed by atoms with van der Waals surface area (Å²) in [5, 5.41) is -0.496. The van der Waals surface area contributed by atoms with Crippen LogP contribution in [0.3, 0.4) is 0 Å². The van der Waals surface area contributed by atoms with Crippen LogP contribution in [0.4, 0.5) is 4.79 Å². The van der Waals surface area contributed by atoms with Crippen molar-refractivity contribution in [2.45, 2.75) is 6.92 Å². The van der Waals surface area contributed by atoms with E-state index in [9.17, 15) is 19.2 Å². The molecule has 10 nitrogen and oxygen atoms in total. The number of hydrogen-bond acceptors (Lipinski definition) is 9. The Morgan fingerprint density at radius 1 is 1.19 bits per heavy atom. The standard InChI is InChI=1S/C21H24N2O8S/c1-3-30-19(25)13-31-15-5-4-14(10-16(15)28-2)11-17-20(26)23(21(27)32-17)12-18(24)22-6-8-29-9-7-22/h4-5,10-11H,3,6-9,12-13H2,1-2H3/b17-11+. The first-order valence-corrected chi connectivity index (χ1v) is 10.8. The summed E-state index contributed by atoms with van der Waals surface area (Å²) < 4.78 is 20.8. The molecular formula is C21H24N2O8S. The third kappa shape index (κ3) is 5.80. The van der Waals surface area contributed by atoms with Gasteiger partial charge in [-0.15, -0.1) is 0 Å². The average Bonchev–Trinajstić information content (AvgIpc) is 3.06. The van der Waals surface area contributed by atoms with Gasteiger partial charge in [-0.05, 0) is 42.5 Å². The van der Waals surface area contributed by atoms with E-state index in [0.29, 0.717) is 43.4 Å². The van der Waals surface area contributed by atoms with Gasteiger partial charge < -0.3 is 23.8 Å². The highest BCUT2D eigenvalue weighted by Gasteiger charge is 2.37. The fourth-order valence-corrected chi connectivity index (χ4v) is 3.91. The number of benzene rings is 1. The van der Waals surface area contributed by atoms with Gasteiger partial charge in [-0.1, -0.05) is 6.07 Å². The van der Waals surface area contributed by atoms with Crippen LogP contribution in [0.1, 0.15) is 12.5 Å². The van der Waals surface area contributed by atoms with E-state index in [2.05, 4.69) is 0 Å². The Morgan fingerprint density at radius 2 is 1.94 bits per heavy atom. The van der Waals surface area contributed by atoms with Crippen molar-refractivity contribution in [3.8, 4) is 11.5 Å². The third-order valence-corrected chi connectivity index (χ3v) is 5.57. The number of rotatable bonds is 8. The summed E-state index contributed by atoms with van der Waals surface area (Å²) in [6.07, 6.45) is 1.54. The van der Waals surface area contributed by atoms with Crippen LogP contribution in [0.25, 0.3) is 6.08 Å². The molecule has 0 radical (unpaired) electrons. The molecule has 0 atom stereocenters. The Labute approximate surface area is 189 Å². The van der Waals surface area contributed by atoms with Crippen LogP contribution >= 0.6 is 11.8 Å². The lowest BCUT2D eigenvalue weighted by molar-refractivity contribution is -0.145. The number of esters is 1. The smallest absolute Gasteiger partial charge is 0.344 e. The lowest BCUT2D eigenvalue weighted by Gasteiger charge is -2.28. The maximum atomic E-state index is 12.7. The summed E-state index contributed by atoms with van der Waals surface area (Å²) in [5.74, 6) is -0.629. The van der Waals surface area contributed by atoms with Gasteiger partial charge in [-0.25, -0.2) is 4.79 Å². The predicted octanol–water partition coefficient (Wildman–Crippen LogP) is 1.53. The number of morpholine rings is 1. The molecule has 0 aliphatic carbocycles. The van der Waals surface area contributed by atoms with Gasteiger partial charge in [0.2, 0.25) is 5.91 Å². The molecule has 0 saturated carbocycles. The first kappa shape index (κ1) is 23.6. The summed E-state index contributed by atoms with van der Waals surface area (Å²) in [6.45, 7) is 3.15. The zero-order chi connectivity index (χ0) is 23.1. The minimum atomic E-state index is -0.525. The molecule has 3 amide bonds. The molecule has 0 aromatic heterocycles. The molecule has 0 N–H and O–H groups in total. The summed E-state index contributed by atoms with van der Waals surface area (Å²) in [7, 11) is 1.45. The second-order valence-corrected chi connectivity index (χ2v) is 7.76. The number of ether oxygens (including phenoxy) is 4. The highest BCUT2D eigenvalue weighted by atomic mass is 32.2. The van der Waals surface area contributed by atoms with Gasteiger partial charge in [0.15, 0.2) is 18.1 Å². The summed E-state index contributed by atoms with van der Waals surface area (Å²) in [6, 6.07) is 4.87. The van der Waals surface area contributed by atoms with E-state index in [1.165, 1.54) is 7.11 Å². The Morgan fingerprint density at radius 3 is 2.62 bits per heavy atom. The van der Waals surface area contributed by atoms with Crippen molar-refractivity contribution in [3.63, 3.8) is 0 Å². The molecule has 2 heterocycles. The van der Waals surface area contributed by atoms with Crippen molar-refractivity contribution >= 4 is 40.9 Å². The van der Waals surface area contributed by atoms with Crippen LogP contribution in [0.15, 0.2) is 23.1 Å². The highest BCUT2D eigenvalue weighted by molar-refractivity contribution is 8.18. The van der Waals surface area contributed by atoms with Crippen molar-refractivity contribution < 1.29 is 38.1 Å². The van der Waals surface area contributed by atoms with Crippen LogP contribution in [0, 0.1) is 0 Å². The number of carbonyl (C=O) groups excluding carboxylic acids is 4. The molecule has 32 heavy (non-hydrogen) atoms. The summed E-state index contributed by atoms with van der Waals surface area (Å²) >= 11 is 0.772. The van der Waals surface area contributed by atoms with Crippen LogP contribution in [0.2, 0.25) is 0 Å². The Balaban J connectivity index is 1.68. The van der Waals surface area contributed by atoms with Crippen LogP contribution in [-0.2, 0) is 23.9 Å². The maximum absolute atomic E-state index is 12.7. The topological polar surface area (TPSA) is 112 Å². The normalized spacial score (nSPS) is 17.6. The summed E-state index contributed by atoms with van der Waals surface area (Å²) in [4.78, 5) is 51.7. The SMILES string of the molecule is CCOC(=O)COc1ccc(/C=C2/SC(=O)N(CC(=O)N3CCOCC3)C2=O)cc1OC. The minimum absolute atomic E-state index is 0.201. The number of amides is 3. The van der Waals surface area contributed by atoms with E-state index in [4.69, 9.17) is 18.9 Å². The lowest BCUT2D eigenvalue weighted by Crippen LogP contribution is -2.46. The highest BCUT2D eigenvalue weighted by Crippen LogP contribution is 2.34. The molecular weight excluding hydrogens is 440 g/mol. The van der Waals surface area contributed by atoms with E-state index < -0.39 is 17.1 Å². The molecule has 2 aliphatic rings. The molecule has 2 aliphatic heterocycles. The monoisotopic (exact) mass is 464 g/mol. The van der Waals surface area contributed by atoms with E-state index in [-0.39, 0.29) is 30.6 Å². The molecule has 0 spiro atoms. The van der Waals surface area contributed by atoms with Gasteiger partial charge in [0.1, 0.15) is 6.54 Å². The fraction of sp³-hybridized carbons (Fsp3) is 0.429. The summed E-state index contributed by atoms with van der Waals surface area (Å²) in [5.41, 5.74) is 0.593. The largest absolute Gasteiger partial charge is 0.493 e. The molecule has 172 valence electrons. The predicted molar refractivity (Wildman–Crippen MR) is 115 cm³/mol. The van der Waals surface area contributed by atoms with Crippen molar-refractivity contribution in [1.82, 2.24) is 9.80 Å². The lowest BCUT2D eigenvalue weighted by atomic mass is 10.2. The van der Waals surface area contributed by atoms with Crippen molar-refractivity contribution in [2.75, 3.05) is 53.2 Å². The van der Waals surface area contributed by atoms with Crippen molar-refractivity contribution in [2.24, 2.45) is 0 Å². The minimum Gasteiger partial charge on any atom is -0.493 e. The van der Waals surface area contributed by atoms with Gasteiger partial charge >= 0.3 is 5.97 Å². The van der Waals surface area contributed by atoms with Gasteiger partial charge in [-0.3, -0.25) is 19.3 Å². The number of methoxy groups -OCH3 is 1. The van der Waals surface area contributed by atoms with Crippen molar-refractivity contribution in [3.05, 3.63) is 28.7 Å². The fourth-order valence-electron chi connectivity index (χ4n) is 3.07. The second kappa shape index (κ2) is 11.0. The molecule has 3 rings (SSSR count). The van der Waals surface area contributed by atoms with Crippen LogP contribution in [0.5, 0.6) is 11.5 Å². The third-order valence-electron chi connectivity index (χ3n) is 4.67. The first-order chi connectivity index (χ1) is 15.4. The van der Waals surface area contributed by atoms with Crippen LogP contribution < -0.4 is 9.47 Å². The molecule has 11 heteroatoms. The van der Waals surface area contributed by atoms with Crippen molar-refractivity contribution in [1.29, 1.82) is 0 Å². The zero-order valence-corrected chi connectivity index (χ0v) is 18.6. The number of hydrogen-bond donors (Lipinski definition) is 0. The van der Waals surface area contributed by atoms with Gasteiger partial charge in [-0.2, -0.15) is 0 Å². The number of thioether (sulfide) groups is 1. The van der Waals surface area contributed by atoms with E-state index >= 15 is 0 Å². The molecule has 0 unspecified atom stereocenters. The first-order valence-electron chi connectivity index (χ1n) is 10.00. The molecule has 2 fully saturated rings. The van der Waals surface area contributed by atoms with Crippen LogP contribution in [-0.4, -0.2) is 86.0 Å². The Bertz CT molecular complexity index is 926. The van der Waals surface area contributed by atoms with Gasteiger partial charge in [0.25, 0.3) is 11.1 Å². The van der Waals surface area contributed by atoms with Gasteiger partial charge in [0, 0.05) is 13.1 Å². The van der Waals surface area contributed by atoms with E-state index in [0.717, 1.165) is 16.7 Å². The maximum Gasteiger partial charge on any atom is 0.344 e. The molecule has 0 bridgehead atoms. The van der Waals surface area contributed by atoms with E-state index in [1.54, 1.807) is 36.1 Å². The zero-order valence-electron chi connectivity index (χ0n) is 17.8. The molecule has 1 aromatic rings. The number of carbonyl (C=O) groups is 4.